The minimum Gasteiger partial charge on any atom is -0.494 e. The smallest absolute Gasteiger partial charge is 0.251 e. The third-order valence-electron chi connectivity index (χ3n) is 4.31. The average molecular weight is 344 g/mol. The van der Waals surface area contributed by atoms with Crippen LogP contribution in [-0.4, -0.2) is 37.6 Å². The highest BCUT2D eigenvalue weighted by Gasteiger charge is 2.19. The van der Waals surface area contributed by atoms with E-state index in [0.29, 0.717) is 6.54 Å². The topological polar surface area (TPSA) is 41.6 Å². The van der Waals surface area contributed by atoms with Gasteiger partial charge in [-0.2, -0.15) is 0 Å². The molecule has 0 bridgehead atoms. The first-order chi connectivity index (χ1) is 12.1. The number of halogens is 1. The number of nitrogens with zero attached hydrogens (tertiary/aromatic N) is 1. The number of hydrogen-bond acceptors (Lipinski definition) is 3. The van der Waals surface area contributed by atoms with E-state index in [0.717, 1.165) is 18.7 Å². The van der Waals surface area contributed by atoms with Crippen molar-refractivity contribution in [2.45, 2.75) is 19.9 Å². The van der Waals surface area contributed by atoms with Crippen LogP contribution in [-0.2, 0) is 0 Å². The van der Waals surface area contributed by atoms with E-state index in [4.69, 9.17) is 4.74 Å². The molecule has 4 nitrogen and oxygen atoms in total. The van der Waals surface area contributed by atoms with Crippen LogP contribution in [0.5, 0.6) is 5.75 Å². The van der Waals surface area contributed by atoms with Crippen molar-refractivity contribution in [2.75, 3.05) is 26.7 Å². The molecule has 2 rings (SSSR count). The molecule has 1 amide bonds. The van der Waals surface area contributed by atoms with Gasteiger partial charge in [-0.25, -0.2) is 4.39 Å². The Kier molecular flexibility index (Phi) is 6.95. The summed E-state index contributed by atoms with van der Waals surface area (Å²) in [5.74, 6) is -0.713. The van der Waals surface area contributed by atoms with Crippen molar-refractivity contribution >= 4 is 5.91 Å². The van der Waals surface area contributed by atoms with Gasteiger partial charge in [0.1, 0.15) is 0 Å². The lowest BCUT2D eigenvalue weighted by Crippen LogP contribution is -2.38. The van der Waals surface area contributed by atoms with Crippen LogP contribution in [0.1, 0.15) is 35.8 Å². The van der Waals surface area contributed by atoms with E-state index in [-0.39, 0.29) is 23.3 Å². The molecule has 5 heteroatoms. The lowest BCUT2D eigenvalue weighted by Gasteiger charge is -2.30. The first-order valence-electron chi connectivity index (χ1n) is 8.51. The van der Waals surface area contributed by atoms with Gasteiger partial charge in [0.15, 0.2) is 11.6 Å². The Balaban J connectivity index is 2.12. The summed E-state index contributed by atoms with van der Waals surface area (Å²) in [5, 5.41) is 2.92. The van der Waals surface area contributed by atoms with Gasteiger partial charge < -0.3 is 10.1 Å². The van der Waals surface area contributed by atoms with E-state index in [1.54, 1.807) is 6.07 Å². The third kappa shape index (κ3) is 4.79. The second kappa shape index (κ2) is 9.18. The second-order valence-electron chi connectivity index (χ2n) is 5.71. The molecule has 0 fully saturated rings. The lowest BCUT2D eigenvalue weighted by molar-refractivity contribution is 0.0934. The predicted molar refractivity (Wildman–Crippen MR) is 97.4 cm³/mol. The summed E-state index contributed by atoms with van der Waals surface area (Å²) in [5.41, 5.74) is 1.43. The number of nitrogens with one attached hydrogen (secondary N) is 1. The fraction of sp³-hybridized carbons (Fsp3) is 0.350. The van der Waals surface area contributed by atoms with Crippen LogP contribution >= 0.6 is 0 Å². The van der Waals surface area contributed by atoms with Crippen molar-refractivity contribution in [1.82, 2.24) is 10.2 Å². The lowest BCUT2D eigenvalue weighted by atomic mass is 10.0. The molecule has 1 N–H and O–H groups in total. The highest BCUT2D eigenvalue weighted by molar-refractivity contribution is 5.94. The number of methoxy groups -OCH3 is 1. The van der Waals surface area contributed by atoms with Crippen LogP contribution in [0.25, 0.3) is 0 Å². The largest absolute Gasteiger partial charge is 0.494 e. The van der Waals surface area contributed by atoms with E-state index in [1.807, 2.05) is 18.2 Å². The zero-order valence-corrected chi connectivity index (χ0v) is 15.0. The number of ether oxygens (including phenoxy) is 1. The molecule has 0 saturated heterocycles. The Hall–Kier alpha value is -2.40. The van der Waals surface area contributed by atoms with E-state index in [2.05, 4.69) is 36.2 Å². The van der Waals surface area contributed by atoms with E-state index in [9.17, 15) is 9.18 Å². The maximum absolute atomic E-state index is 13.8. The van der Waals surface area contributed by atoms with Gasteiger partial charge in [-0.1, -0.05) is 44.2 Å². The zero-order valence-electron chi connectivity index (χ0n) is 15.0. The average Bonchev–Trinajstić information content (AvgIpc) is 2.65. The molecule has 0 radical (unpaired) electrons. The number of hydrogen-bond donors (Lipinski definition) is 1. The summed E-state index contributed by atoms with van der Waals surface area (Å²) in [7, 11) is 1.40. The minimum absolute atomic E-state index is 0.0724. The molecule has 0 aromatic heterocycles. The number of benzene rings is 2. The van der Waals surface area contributed by atoms with Crippen LogP contribution in [0.4, 0.5) is 4.39 Å². The first kappa shape index (κ1) is 18.9. The van der Waals surface area contributed by atoms with Crippen molar-refractivity contribution in [3.05, 3.63) is 65.5 Å². The molecular formula is C20H25FN2O2. The van der Waals surface area contributed by atoms with Crippen molar-refractivity contribution in [3.8, 4) is 5.75 Å². The SMILES string of the molecule is CCN(CC)C(CNC(=O)c1ccc(OC)c(F)c1)c1ccccc1. The molecule has 1 atom stereocenters. The number of carbonyl (C=O) groups is 1. The van der Waals surface area contributed by atoms with Gasteiger partial charge in [0.05, 0.1) is 13.2 Å². The maximum Gasteiger partial charge on any atom is 0.251 e. The molecule has 0 spiro atoms. The Morgan fingerprint density at radius 2 is 1.84 bits per heavy atom. The molecule has 1 unspecified atom stereocenters. The summed E-state index contributed by atoms with van der Waals surface area (Å²) in [6.45, 7) is 6.41. The van der Waals surface area contributed by atoms with Crippen LogP contribution in [0.15, 0.2) is 48.5 Å². The van der Waals surface area contributed by atoms with Gasteiger partial charge in [-0.3, -0.25) is 9.69 Å². The summed E-state index contributed by atoms with van der Waals surface area (Å²) < 4.78 is 18.7. The van der Waals surface area contributed by atoms with E-state index >= 15 is 0 Å². The van der Waals surface area contributed by atoms with Gasteiger partial charge in [-0.05, 0) is 36.9 Å². The maximum atomic E-state index is 13.8. The molecule has 0 aliphatic rings. The molecule has 2 aromatic carbocycles. The van der Waals surface area contributed by atoms with Gasteiger partial charge in [-0.15, -0.1) is 0 Å². The highest BCUT2D eigenvalue weighted by Crippen LogP contribution is 2.20. The normalized spacial score (nSPS) is 12.0. The first-order valence-corrected chi connectivity index (χ1v) is 8.51. The van der Waals surface area contributed by atoms with Crippen molar-refractivity contribution in [3.63, 3.8) is 0 Å². The molecular weight excluding hydrogens is 319 g/mol. The summed E-state index contributed by atoms with van der Waals surface area (Å²) in [4.78, 5) is 14.7. The van der Waals surface area contributed by atoms with Gasteiger partial charge in [0.25, 0.3) is 5.91 Å². The van der Waals surface area contributed by atoms with Crippen LogP contribution in [0.2, 0.25) is 0 Å². The fourth-order valence-electron chi connectivity index (χ4n) is 2.90. The monoisotopic (exact) mass is 344 g/mol. The van der Waals surface area contributed by atoms with Crippen LogP contribution in [0, 0.1) is 5.82 Å². The Labute approximate surface area is 148 Å². The van der Waals surface area contributed by atoms with Crippen molar-refractivity contribution in [2.24, 2.45) is 0 Å². The summed E-state index contributed by atoms with van der Waals surface area (Å²) in [6, 6.07) is 14.4. The molecule has 0 aliphatic heterocycles. The molecule has 2 aromatic rings. The molecule has 134 valence electrons. The summed E-state index contributed by atoms with van der Waals surface area (Å²) in [6.07, 6.45) is 0. The van der Waals surface area contributed by atoms with Gasteiger partial charge >= 0.3 is 0 Å². The van der Waals surface area contributed by atoms with Crippen LogP contribution < -0.4 is 10.1 Å². The Morgan fingerprint density at radius 3 is 2.40 bits per heavy atom. The van der Waals surface area contributed by atoms with Crippen LogP contribution in [0.3, 0.4) is 0 Å². The minimum atomic E-state index is -0.543. The Morgan fingerprint density at radius 1 is 1.16 bits per heavy atom. The Bertz CT molecular complexity index is 687. The number of amides is 1. The molecule has 25 heavy (non-hydrogen) atoms. The third-order valence-corrected chi connectivity index (χ3v) is 4.31. The van der Waals surface area contributed by atoms with Gasteiger partial charge in [0, 0.05) is 12.1 Å². The predicted octanol–water partition coefficient (Wildman–Crippen LogP) is 3.65. The molecule has 0 aliphatic carbocycles. The number of likely N-dealkylation sites (N-methyl/N-ethyl adjacent to an activating group) is 1. The second-order valence-corrected chi connectivity index (χ2v) is 5.71. The highest BCUT2D eigenvalue weighted by atomic mass is 19.1. The van der Waals surface area contributed by atoms with E-state index < -0.39 is 5.82 Å². The quantitative estimate of drug-likeness (QED) is 0.795. The fourth-order valence-corrected chi connectivity index (χ4v) is 2.90. The number of carbonyl (C=O) groups excluding carboxylic acids is 1. The van der Waals surface area contributed by atoms with Gasteiger partial charge in [0.2, 0.25) is 0 Å². The van der Waals surface area contributed by atoms with Crippen molar-refractivity contribution in [1.29, 1.82) is 0 Å². The van der Waals surface area contributed by atoms with Crippen molar-refractivity contribution < 1.29 is 13.9 Å². The standard InChI is InChI=1S/C20H25FN2O2/c1-4-23(5-2)18(15-9-7-6-8-10-15)14-22-20(24)16-11-12-19(25-3)17(21)13-16/h6-13,18H,4-5,14H2,1-3H3,(H,22,24). The number of rotatable bonds is 8. The summed E-state index contributed by atoms with van der Waals surface area (Å²) >= 11 is 0. The molecule has 0 heterocycles. The van der Waals surface area contributed by atoms with E-state index in [1.165, 1.54) is 19.2 Å². The zero-order chi connectivity index (χ0) is 18.2. The molecule has 0 saturated carbocycles.